The second-order valence-corrected chi connectivity index (χ2v) is 4.89. The van der Waals surface area contributed by atoms with Gasteiger partial charge in [0.2, 0.25) is 0 Å². The molecule has 0 N–H and O–H groups in total. The fourth-order valence-electron chi connectivity index (χ4n) is 1.98. The molecule has 0 atom stereocenters. The van der Waals surface area contributed by atoms with Gasteiger partial charge in [-0.2, -0.15) is 4.98 Å². The highest BCUT2D eigenvalue weighted by Crippen LogP contribution is 2.19. The van der Waals surface area contributed by atoms with Crippen molar-refractivity contribution in [2.45, 2.75) is 13.5 Å². The zero-order valence-corrected chi connectivity index (χ0v) is 12.7. The Morgan fingerprint density at radius 2 is 1.96 bits per heavy atom. The Kier molecular flexibility index (Phi) is 4.09. The molecule has 0 bridgehead atoms. The average Bonchev–Trinajstić information content (AvgIpc) is 3.15. The highest BCUT2D eigenvalue weighted by Gasteiger charge is 2.11. The molecule has 0 radical (unpaired) electrons. The van der Waals surface area contributed by atoms with Crippen molar-refractivity contribution in [2.24, 2.45) is 7.05 Å². The van der Waals surface area contributed by atoms with E-state index in [1.54, 1.807) is 61.1 Å². The van der Waals surface area contributed by atoms with Crippen LogP contribution in [0.2, 0.25) is 0 Å². The van der Waals surface area contributed by atoms with Crippen LogP contribution in [0, 0.1) is 6.92 Å². The number of hydrogen-bond donors (Lipinski definition) is 0. The molecular formula is C16H15N3O4. The molecule has 7 nitrogen and oxygen atoms in total. The van der Waals surface area contributed by atoms with E-state index < -0.39 is 5.97 Å². The first-order chi connectivity index (χ1) is 11.1. The van der Waals surface area contributed by atoms with Crippen LogP contribution in [0.4, 0.5) is 0 Å². The number of nitrogens with zero attached hydrogens (tertiary/aromatic N) is 3. The Morgan fingerprint density at radius 1 is 1.22 bits per heavy atom. The second-order valence-electron chi connectivity index (χ2n) is 4.89. The van der Waals surface area contributed by atoms with Crippen LogP contribution in [0.5, 0.6) is 11.5 Å². The van der Waals surface area contributed by atoms with Gasteiger partial charge in [0.25, 0.3) is 5.89 Å². The van der Waals surface area contributed by atoms with Crippen molar-refractivity contribution in [1.29, 1.82) is 0 Å². The zero-order valence-electron chi connectivity index (χ0n) is 12.7. The monoisotopic (exact) mass is 313 g/mol. The summed E-state index contributed by atoms with van der Waals surface area (Å²) >= 11 is 0. The average molecular weight is 313 g/mol. The minimum Gasteiger partial charge on any atom is -0.484 e. The molecule has 0 aliphatic heterocycles. The molecule has 0 spiro atoms. The number of hydrogen-bond acceptors (Lipinski definition) is 6. The normalized spacial score (nSPS) is 10.5. The van der Waals surface area contributed by atoms with E-state index in [0.29, 0.717) is 28.9 Å². The summed E-state index contributed by atoms with van der Waals surface area (Å²) in [5.74, 6) is 1.61. The van der Waals surface area contributed by atoms with Gasteiger partial charge in [0, 0.05) is 13.2 Å². The minimum absolute atomic E-state index is 0.184. The summed E-state index contributed by atoms with van der Waals surface area (Å²) in [6.45, 7) is 1.92. The topological polar surface area (TPSA) is 79.4 Å². The number of ether oxygens (including phenoxy) is 2. The van der Waals surface area contributed by atoms with E-state index in [-0.39, 0.29) is 6.61 Å². The lowest BCUT2D eigenvalue weighted by Gasteiger charge is -2.07. The molecule has 2 aromatic heterocycles. The molecule has 3 aromatic rings. The maximum Gasteiger partial charge on any atom is 0.360 e. The first kappa shape index (κ1) is 14.8. The molecule has 0 fully saturated rings. The van der Waals surface area contributed by atoms with Crippen LogP contribution in [-0.2, 0) is 13.7 Å². The maximum absolute atomic E-state index is 12.0. The van der Waals surface area contributed by atoms with Gasteiger partial charge in [-0.1, -0.05) is 5.16 Å². The van der Waals surface area contributed by atoms with Crippen molar-refractivity contribution in [1.82, 2.24) is 14.7 Å². The van der Waals surface area contributed by atoms with Crippen molar-refractivity contribution < 1.29 is 18.8 Å². The van der Waals surface area contributed by atoms with Gasteiger partial charge in [0.05, 0.1) is 0 Å². The molecular weight excluding hydrogens is 298 g/mol. The third kappa shape index (κ3) is 3.57. The van der Waals surface area contributed by atoms with Crippen molar-refractivity contribution >= 4 is 5.97 Å². The van der Waals surface area contributed by atoms with Crippen LogP contribution in [-0.4, -0.2) is 20.7 Å². The summed E-state index contributed by atoms with van der Waals surface area (Å²) in [6, 6.07) is 10.2. The van der Waals surface area contributed by atoms with E-state index in [9.17, 15) is 4.79 Å². The fraction of sp³-hybridized carbons (Fsp3) is 0.188. The van der Waals surface area contributed by atoms with Gasteiger partial charge in [-0.05, 0) is 43.3 Å². The lowest BCUT2D eigenvalue weighted by Crippen LogP contribution is -2.12. The first-order valence-corrected chi connectivity index (χ1v) is 6.97. The number of rotatable bonds is 5. The predicted molar refractivity (Wildman–Crippen MR) is 80.2 cm³/mol. The molecule has 118 valence electrons. The molecule has 0 aliphatic carbocycles. The number of benzene rings is 1. The van der Waals surface area contributed by atoms with Crippen LogP contribution >= 0.6 is 0 Å². The van der Waals surface area contributed by atoms with E-state index in [1.165, 1.54) is 0 Å². The molecule has 0 amide bonds. The summed E-state index contributed by atoms with van der Waals surface area (Å²) in [5.41, 5.74) is 0.483. The van der Waals surface area contributed by atoms with Crippen molar-refractivity contribution in [3.05, 3.63) is 60.0 Å². The molecule has 3 rings (SSSR count). The highest BCUT2D eigenvalue weighted by molar-refractivity contribution is 5.89. The fourth-order valence-corrected chi connectivity index (χ4v) is 1.98. The number of aromatic nitrogens is 3. The molecule has 0 unspecified atom stereocenters. The molecule has 23 heavy (non-hydrogen) atoms. The summed E-state index contributed by atoms with van der Waals surface area (Å²) in [4.78, 5) is 16.0. The number of aryl methyl sites for hydroxylation is 2. The number of esters is 1. The van der Waals surface area contributed by atoms with E-state index in [2.05, 4.69) is 10.1 Å². The van der Waals surface area contributed by atoms with Gasteiger partial charge in [0.1, 0.15) is 17.2 Å². The molecule has 0 aliphatic rings. The lowest BCUT2D eigenvalue weighted by atomic mass is 10.3. The smallest absolute Gasteiger partial charge is 0.360 e. The highest BCUT2D eigenvalue weighted by atomic mass is 16.5. The minimum atomic E-state index is -0.410. The van der Waals surface area contributed by atoms with E-state index in [0.717, 1.165) is 0 Å². The predicted octanol–water partition coefficient (Wildman–Crippen LogP) is 2.51. The van der Waals surface area contributed by atoms with E-state index in [1.807, 2.05) is 0 Å². The first-order valence-electron chi connectivity index (χ1n) is 6.97. The summed E-state index contributed by atoms with van der Waals surface area (Å²) in [7, 11) is 1.78. The van der Waals surface area contributed by atoms with Crippen molar-refractivity contribution in [2.75, 3.05) is 0 Å². The Labute approximate surface area is 132 Å². The molecule has 0 saturated heterocycles. The zero-order chi connectivity index (χ0) is 16.2. The van der Waals surface area contributed by atoms with Gasteiger partial charge in [-0.3, -0.25) is 0 Å². The standard InChI is InChI=1S/C16H15N3O4/c1-11-17-15(23-18-11)10-21-12-5-7-13(8-6-12)22-16(20)14-4-3-9-19(14)2/h3-9H,10H2,1-2H3. The quantitative estimate of drug-likeness (QED) is 0.532. The summed E-state index contributed by atoms with van der Waals surface area (Å²) in [5, 5.41) is 3.68. The summed E-state index contributed by atoms with van der Waals surface area (Å²) in [6.07, 6.45) is 1.78. The van der Waals surface area contributed by atoms with Crippen LogP contribution in [0.3, 0.4) is 0 Å². The largest absolute Gasteiger partial charge is 0.484 e. The van der Waals surface area contributed by atoms with Crippen LogP contribution < -0.4 is 9.47 Å². The summed E-state index contributed by atoms with van der Waals surface area (Å²) < 4.78 is 17.5. The van der Waals surface area contributed by atoms with Crippen molar-refractivity contribution in [3.8, 4) is 11.5 Å². The number of carbonyl (C=O) groups excluding carboxylic acids is 1. The SMILES string of the molecule is Cc1noc(COc2ccc(OC(=O)c3cccn3C)cc2)n1. The van der Waals surface area contributed by atoms with Crippen LogP contribution in [0.15, 0.2) is 47.1 Å². The van der Waals surface area contributed by atoms with Gasteiger partial charge in [-0.15, -0.1) is 0 Å². The van der Waals surface area contributed by atoms with Gasteiger partial charge >= 0.3 is 5.97 Å². The van der Waals surface area contributed by atoms with Crippen LogP contribution in [0.1, 0.15) is 22.2 Å². The van der Waals surface area contributed by atoms with Crippen LogP contribution in [0.25, 0.3) is 0 Å². The van der Waals surface area contributed by atoms with Gasteiger partial charge in [-0.25, -0.2) is 4.79 Å². The van der Waals surface area contributed by atoms with Gasteiger partial charge < -0.3 is 18.6 Å². The molecule has 0 saturated carbocycles. The Hall–Kier alpha value is -3.09. The third-order valence-corrected chi connectivity index (χ3v) is 3.12. The Balaban J connectivity index is 1.58. The lowest BCUT2D eigenvalue weighted by molar-refractivity contribution is 0.0724. The molecule has 7 heteroatoms. The number of carbonyl (C=O) groups is 1. The molecule has 2 heterocycles. The maximum atomic E-state index is 12.0. The van der Waals surface area contributed by atoms with Gasteiger partial charge in [0.15, 0.2) is 12.4 Å². The van der Waals surface area contributed by atoms with Crippen molar-refractivity contribution in [3.63, 3.8) is 0 Å². The van der Waals surface area contributed by atoms with E-state index in [4.69, 9.17) is 14.0 Å². The third-order valence-electron chi connectivity index (χ3n) is 3.12. The molecule has 1 aromatic carbocycles. The second kappa shape index (κ2) is 6.35. The Morgan fingerprint density at radius 3 is 2.57 bits per heavy atom. The van der Waals surface area contributed by atoms with E-state index >= 15 is 0 Å². The Bertz CT molecular complexity index is 805.